The molecule has 0 saturated heterocycles. The molecule has 0 radical (unpaired) electrons. The first-order valence-electron chi connectivity index (χ1n) is 10.5. The molecule has 32 heavy (non-hydrogen) atoms. The van der Waals surface area contributed by atoms with Crippen LogP contribution in [0.1, 0.15) is 43.5 Å². The van der Waals surface area contributed by atoms with Gasteiger partial charge in [-0.15, -0.1) is 11.3 Å². The molecule has 2 aliphatic rings. The van der Waals surface area contributed by atoms with Crippen LogP contribution in [0.5, 0.6) is 0 Å². The number of anilines is 2. The number of pyridine rings is 1. The van der Waals surface area contributed by atoms with Crippen LogP contribution in [-0.2, 0) is 0 Å². The summed E-state index contributed by atoms with van der Waals surface area (Å²) in [5.74, 6) is -3.75. The van der Waals surface area contributed by atoms with Crippen LogP contribution in [0.4, 0.5) is 20.5 Å². The van der Waals surface area contributed by atoms with Crippen LogP contribution in [0, 0.1) is 12.8 Å². The lowest BCUT2D eigenvalue weighted by atomic mass is 9.98. The lowest BCUT2D eigenvalue weighted by Crippen LogP contribution is -2.38. The van der Waals surface area contributed by atoms with E-state index in [1.165, 1.54) is 11.3 Å². The zero-order valence-electron chi connectivity index (χ0n) is 17.6. The Labute approximate surface area is 187 Å². The zero-order chi connectivity index (χ0) is 22.8. The summed E-state index contributed by atoms with van der Waals surface area (Å²) in [7, 11) is 0. The minimum absolute atomic E-state index is 0.0144. The SMILES string of the molecule is Cc1nc(N)nc(N[C@@H]2C[C@H](C(C)(F)F)[C@@H](O)[C@H]2O)c1-c1nc2c(C3CC3)nccc2s1. The first-order chi connectivity index (χ1) is 15.1. The van der Waals surface area contributed by atoms with E-state index in [2.05, 4.69) is 20.3 Å². The molecule has 0 spiro atoms. The van der Waals surface area contributed by atoms with Gasteiger partial charge in [0.2, 0.25) is 5.95 Å². The molecule has 0 amide bonds. The van der Waals surface area contributed by atoms with Gasteiger partial charge >= 0.3 is 0 Å². The van der Waals surface area contributed by atoms with Crippen molar-refractivity contribution in [3.05, 3.63) is 23.7 Å². The van der Waals surface area contributed by atoms with E-state index in [9.17, 15) is 19.0 Å². The third-order valence-electron chi connectivity index (χ3n) is 6.28. The predicted molar refractivity (Wildman–Crippen MR) is 118 cm³/mol. The van der Waals surface area contributed by atoms with Crippen LogP contribution in [-0.4, -0.2) is 54.3 Å². The van der Waals surface area contributed by atoms with Crippen molar-refractivity contribution in [2.24, 2.45) is 5.92 Å². The molecule has 0 bridgehead atoms. The largest absolute Gasteiger partial charge is 0.390 e. The van der Waals surface area contributed by atoms with Gasteiger partial charge in [0.25, 0.3) is 5.92 Å². The Bertz CT molecular complexity index is 1180. The second-order valence-electron chi connectivity index (χ2n) is 8.76. The molecule has 3 aromatic rings. The monoisotopic (exact) mass is 462 g/mol. The molecule has 8 nitrogen and oxygen atoms in total. The van der Waals surface area contributed by atoms with Crippen LogP contribution in [0.15, 0.2) is 12.3 Å². The number of halogens is 2. The van der Waals surface area contributed by atoms with Crippen LogP contribution in [0.25, 0.3) is 20.8 Å². The molecule has 11 heteroatoms. The third-order valence-corrected chi connectivity index (χ3v) is 7.31. The lowest BCUT2D eigenvalue weighted by molar-refractivity contribution is -0.0950. The summed E-state index contributed by atoms with van der Waals surface area (Å²) >= 11 is 1.46. The van der Waals surface area contributed by atoms with Gasteiger partial charge in [-0.1, -0.05) is 0 Å². The molecule has 0 unspecified atom stereocenters. The van der Waals surface area contributed by atoms with E-state index >= 15 is 0 Å². The van der Waals surface area contributed by atoms with Gasteiger partial charge in [-0.05, 0) is 39.2 Å². The van der Waals surface area contributed by atoms with E-state index in [4.69, 9.17) is 10.7 Å². The third kappa shape index (κ3) is 3.67. The highest BCUT2D eigenvalue weighted by atomic mass is 32.1. The molecule has 0 aliphatic heterocycles. The number of alkyl halides is 2. The average molecular weight is 463 g/mol. The highest BCUT2D eigenvalue weighted by molar-refractivity contribution is 7.21. The van der Waals surface area contributed by atoms with E-state index in [-0.39, 0.29) is 12.4 Å². The number of aryl methyl sites for hydroxylation is 1. The minimum atomic E-state index is -3.13. The van der Waals surface area contributed by atoms with Gasteiger partial charge in [0.05, 0.1) is 39.7 Å². The molecule has 3 heterocycles. The van der Waals surface area contributed by atoms with Crippen molar-refractivity contribution in [1.29, 1.82) is 0 Å². The number of aromatic nitrogens is 4. The number of hydrogen-bond donors (Lipinski definition) is 4. The topological polar surface area (TPSA) is 130 Å². The van der Waals surface area contributed by atoms with Crippen LogP contribution in [0.2, 0.25) is 0 Å². The fourth-order valence-corrected chi connectivity index (χ4v) is 5.51. The van der Waals surface area contributed by atoms with Crippen molar-refractivity contribution >= 4 is 33.3 Å². The predicted octanol–water partition coefficient (Wildman–Crippen LogP) is 3.09. The molecule has 4 atom stereocenters. The Balaban J connectivity index is 1.54. The van der Waals surface area contributed by atoms with Crippen molar-refractivity contribution in [2.75, 3.05) is 11.1 Å². The van der Waals surface area contributed by atoms with Crippen molar-refractivity contribution in [3.63, 3.8) is 0 Å². The van der Waals surface area contributed by atoms with Gasteiger partial charge in [-0.25, -0.2) is 18.7 Å². The molecule has 0 aromatic carbocycles. The summed E-state index contributed by atoms with van der Waals surface area (Å²) in [6.45, 7) is 2.52. The average Bonchev–Trinajstić information content (AvgIpc) is 3.40. The molecule has 2 saturated carbocycles. The number of nitrogen functional groups attached to an aromatic ring is 1. The van der Waals surface area contributed by atoms with Crippen LogP contribution in [0.3, 0.4) is 0 Å². The number of aliphatic hydroxyl groups is 2. The number of fused-ring (bicyclic) bond motifs is 1. The Morgan fingerprint density at radius 2 is 1.94 bits per heavy atom. The molecule has 2 fully saturated rings. The minimum Gasteiger partial charge on any atom is -0.390 e. The molecule has 170 valence electrons. The van der Waals surface area contributed by atoms with Crippen LogP contribution >= 0.6 is 11.3 Å². The Kier molecular flexibility index (Phi) is 5.02. The highest BCUT2D eigenvalue weighted by Crippen LogP contribution is 2.45. The van der Waals surface area contributed by atoms with Gasteiger partial charge in [0.1, 0.15) is 22.4 Å². The van der Waals surface area contributed by atoms with Gasteiger partial charge in [0, 0.05) is 12.1 Å². The number of nitrogens with one attached hydrogen (secondary N) is 1. The van der Waals surface area contributed by atoms with E-state index in [1.54, 1.807) is 13.1 Å². The number of hydrogen-bond acceptors (Lipinski definition) is 9. The molecular weight excluding hydrogens is 438 g/mol. The maximum Gasteiger partial charge on any atom is 0.250 e. The van der Waals surface area contributed by atoms with Gasteiger partial charge in [0.15, 0.2) is 0 Å². The quantitative estimate of drug-likeness (QED) is 0.455. The van der Waals surface area contributed by atoms with Crippen molar-refractivity contribution < 1.29 is 19.0 Å². The van der Waals surface area contributed by atoms with Gasteiger partial charge in [-0.3, -0.25) is 4.98 Å². The van der Waals surface area contributed by atoms with Crippen molar-refractivity contribution in [3.8, 4) is 10.6 Å². The number of nitrogens with two attached hydrogens (primary N) is 1. The van der Waals surface area contributed by atoms with Crippen LogP contribution < -0.4 is 11.1 Å². The smallest absolute Gasteiger partial charge is 0.250 e. The fourth-order valence-electron chi connectivity index (χ4n) is 4.45. The molecule has 5 rings (SSSR count). The molecule has 5 N–H and O–H groups in total. The summed E-state index contributed by atoms with van der Waals surface area (Å²) in [4.78, 5) is 17.9. The van der Waals surface area contributed by atoms with E-state index in [0.29, 0.717) is 28.0 Å². The van der Waals surface area contributed by atoms with E-state index in [0.717, 1.165) is 35.7 Å². The Morgan fingerprint density at radius 3 is 2.59 bits per heavy atom. The Hall–Kier alpha value is -2.50. The number of rotatable bonds is 5. The summed E-state index contributed by atoms with van der Waals surface area (Å²) < 4.78 is 28.8. The molecule has 2 aliphatic carbocycles. The summed E-state index contributed by atoms with van der Waals surface area (Å²) in [5, 5.41) is 24.3. The molecular formula is C21H24F2N6O2S. The highest BCUT2D eigenvalue weighted by Gasteiger charge is 2.51. The van der Waals surface area contributed by atoms with Gasteiger partial charge in [-0.2, -0.15) is 4.98 Å². The maximum atomic E-state index is 13.9. The summed E-state index contributed by atoms with van der Waals surface area (Å²) in [6, 6.07) is 1.08. The summed E-state index contributed by atoms with van der Waals surface area (Å²) in [5.41, 5.74) is 8.86. The first kappa shape index (κ1) is 21.4. The fraction of sp³-hybridized carbons (Fsp3) is 0.524. The summed E-state index contributed by atoms with van der Waals surface area (Å²) in [6.07, 6.45) is 0.929. The van der Waals surface area contributed by atoms with E-state index in [1.807, 2.05) is 6.07 Å². The second-order valence-corrected chi connectivity index (χ2v) is 9.79. The standard InChI is InChI=1S/C21H24F2N6O2S/c1-8-13(19-28-15-12(32-19)5-6-25-14(15)9-3-4-9)18(29-20(24)26-8)27-11-7-10(21(2,22)23)16(30)17(11)31/h5-6,9-11,16-17,30-31H,3-4,7H2,1-2H3,(H3,24,26,27,29)/t10-,11+,16+,17-/m0/s1. The zero-order valence-corrected chi connectivity index (χ0v) is 18.4. The number of thiazole rings is 1. The number of nitrogens with zero attached hydrogens (tertiary/aromatic N) is 4. The number of aliphatic hydroxyl groups excluding tert-OH is 2. The van der Waals surface area contributed by atoms with Crippen molar-refractivity contribution in [1.82, 2.24) is 19.9 Å². The second kappa shape index (κ2) is 7.53. The maximum absolute atomic E-state index is 13.9. The van der Waals surface area contributed by atoms with E-state index < -0.39 is 30.1 Å². The van der Waals surface area contributed by atoms with Crippen molar-refractivity contribution in [2.45, 2.75) is 63.2 Å². The van der Waals surface area contributed by atoms with Gasteiger partial charge < -0.3 is 21.3 Å². The Morgan fingerprint density at radius 1 is 1.19 bits per heavy atom. The lowest BCUT2D eigenvalue weighted by Gasteiger charge is -2.22. The normalized spacial score (nSPS) is 26.1. The molecule has 3 aromatic heterocycles. The first-order valence-corrected chi connectivity index (χ1v) is 11.4.